The summed E-state index contributed by atoms with van der Waals surface area (Å²) in [5, 5.41) is 14.3. The molecular formula is C19H17ClN6O3. The number of fused-ring (bicyclic) bond motifs is 2. The molecule has 4 aromatic rings. The van der Waals surface area contributed by atoms with Crippen LogP contribution < -0.4 is 0 Å². The number of nitrogens with one attached hydrogen (secondary N) is 1. The van der Waals surface area contributed by atoms with Crippen molar-refractivity contribution >= 4 is 23.0 Å². The lowest BCUT2D eigenvalue weighted by Gasteiger charge is -2.33. The zero-order chi connectivity index (χ0) is 20.1. The molecule has 10 heteroatoms. The van der Waals surface area contributed by atoms with Crippen molar-refractivity contribution in [1.82, 2.24) is 29.5 Å². The fourth-order valence-corrected chi connectivity index (χ4v) is 3.85. The summed E-state index contributed by atoms with van der Waals surface area (Å²) in [6.45, 7) is 1.92. The molecule has 1 amide bonds. The Morgan fingerprint density at radius 3 is 3.07 bits per heavy atom. The van der Waals surface area contributed by atoms with E-state index in [4.69, 9.17) is 16.0 Å². The quantitative estimate of drug-likeness (QED) is 0.534. The maximum Gasteiger partial charge on any atom is 0.293 e. The van der Waals surface area contributed by atoms with Gasteiger partial charge in [0.05, 0.1) is 23.2 Å². The van der Waals surface area contributed by atoms with E-state index >= 15 is 0 Å². The Morgan fingerprint density at radius 2 is 2.31 bits per heavy atom. The average molecular weight is 413 g/mol. The largest absolute Gasteiger partial charge is 0.431 e. The summed E-state index contributed by atoms with van der Waals surface area (Å²) >= 11 is 6.14. The second-order valence-electron chi connectivity index (χ2n) is 6.90. The van der Waals surface area contributed by atoms with Crippen LogP contribution in [0.4, 0.5) is 0 Å². The number of rotatable bonds is 3. The Balaban J connectivity index is 1.60. The van der Waals surface area contributed by atoms with Crippen LogP contribution in [0.1, 0.15) is 52.6 Å². The summed E-state index contributed by atoms with van der Waals surface area (Å²) in [6, 6.07) is 7.18. The number of nitrogens with zero attached hydrogens (tertiary/aromatic N) is 5. The Kier molecular flexibility index (Phi) is 4.14. The molecule has 0 spiro atoms. The minimum absolute atomic E-state index is 0.0000908. The summed E-state index contributed by atoms with van der Waals surface area (Å²) < 4.78 is 7.22. The normalized spacial score (nSPS) is 17.5. The molecule has 1 aliphatic heterocycles. The van der Waals surface area contributed by atoms with Crippen LogP contribution in [-0.4, -0.2) is 47.0 Å². The van der Waals surface area contributed by atoms with E-state index in [2.05, 4.69) is 20.1 Å². The van der Waals surface area contributed by atoms with Gasteiger partial charge in [0.2, 0.25) is 11.7 Å². The molecule has 148 valence electrons. The van der Waals surface area contributed by atoms with Crippen LogP contribution in [0.3, 0.4) is 0 Å². The second-order valence-corrected chi connectivity index (χ2v) is 7.26. The van der Waals surface area contributed by atoms with Gasteiger partial charge in [0, 0.05) is 24.9 Å². The molecule has 0 saturated carbocycles. The van der Waals surface area contributed by atoms with Crippen LogP contribution in [0, 0.1) is 0 Å². The fraction of sp³-hybridized carbons (Fsp3) is 0.263. The zero-order valence-corrected chi connectivity index (χ0v) is 16.2. The van der Waals surface area contributed by atoms with Gasteiger partial charge >= 0.3 is 0 Å². The van der Waals surface area contributed by atoms with Crippen LogP contribution in [0.5, 0.6) is 0 Å². The number of imidazole rings is 1. The van der Waals surface area contributed by atoms with Crippen LogP contribution in [0.2, 0.25) is 5.15 Å². The first-order chi connectivity index (χ1) is 14.0. The summed E-state index contributed by atoms with van der Waals surface area (Å²) in [5.41, 5.74) is 3.29. The minimum Gasteiger partial charge on any atom is -0.431 e. The third-order valence-corrected chi connectivity index (χ3v) is 5.27. The van der Waals surface area contributed by atoms with Gasteiger partial charge in [0.25, 0.3) is 5.91 Å². The summed E-state index contributed by atoms with van der Waals surface area (Å²) in [6.07, 6.45) is 3.11. The topological polar surface area (TPSA) is 113 Å². The molecule has 9 nitrogen and oxygen atoms in total. The minimum atomic E-state index is -0.970. The van der Waals surface area contributed by atoms with E-state index in [0.717, 1.165) is 16.9 Å². The lowest BCUT2D eigenvalue weighted by atomic mass is 9.99. The summed E-state index contributed by atoms with van der Waals surface area (Å²) in [7, 11) is 0. The van der Waals surface area contributed by atoms with Crippen molar-refractivity contribution < 1.29 is 14.3 Å². The first-order valence-electron chi connectivity index (χ1n) is 9.14. The van der Waals surface area contributed by atoms with Crippen molar-refractivity contribution in [2.24, 2.45) is 0 Å². The van der Waals surface area contributed by atoms with E-state index in [1.165, 1.54) is 6.92 Å². The SMILES string of the molecule is C[C@@H](O)c1nc(Cl)c(C(=O)N2CCc3[nH]cnc3[C@H]2c2cc3ccccn3n2)o1. The third-order valence-electron chi connectivity index (χ3n) is 5.01. The Hall–Kier alpha value is -3.17. The predicted molar refractivity (Wildman–Crippen MR) is 103 cm³/mol. The molecular weight excluding hydrogens is 396 g/mol. The monoisotopic (exact) mass is 412 g/mol. The van der Waals surface area contributed by atoms with Crippen LogP contribution in [-0.2, 0) is 6.42 Å². The van der Waals surface area contributed by atoms with Gasteiger partial charge in [-0.05, 0) is 25.1 Å². The summed E-state index contributed by atoms with van der Waals surface area (Å²) in [5.74, 6) is -0.527. The second kappa shape index (κ2) is 6.71. The Bertz CT molecular complexity index is 1180. The Labute approximate surface area is 169 Å². The van der Waals surface area contributed by atoms with Gasteiger partial charge in [0.1, 0.15) is 12.1 Å². The number of pyridine rings is 1. The zero-order valence-electron chi connectivity index (χ0n) is 15.4. The van der Waals surface area contributed by atoms with Gasteiger partial charge in [-0.2, -0.15) is 10.1 Å². The molecule has 2 N–H and O–H groups in total. The fourth-order valence-electron chi connectivity index (χ4n) is 3.64. The molecule has 0 aliphatic carbocycles. The van der Waals surface area contributed by atoms with Crippen LogP contribution in [0.15, 0.2) is 41.2 Å². The first kappa shape index (κ1) is 17.9. The highest BCUT2D eigenvalue weighted by Gasteiger charge is 2.38. The van der Waals surface area contributed by atoms with Gasteiger partial charge < -0.3 is 19.4 Å². The van der Waals surface area contributed by atoms with Crippen molar-refractivity contribution in [1.29, 1.82) is 0 Å². The highest BCUT2D eigenvalue weighted by atomic mass is 35.5. The molecule has 0 bridgehead atoms. The molecule has 0 unspecified atom stereocenters. The highest BCUT2D eigenvalue weighted by Crippen LogP contribution is 2.35. The Morgan fingerprint density at radius 1 is 1.45 bits per heavy atom. The molecule has 0 saturated heterocycles. The smallest absolute Gasteiger partial charge is 0.293 e. The molecule has 0 fully saturated rings. The number of hydrogen-bond acceptors (Lipinski definition) is 6. The number of carbonyl (C=O) groups excluding carboxylic acids is 1. The number of amides is 1. The van der Waals surface area contributed by atoms with Gasteiger partial charge in [-0.25, -0.2) is 9.50 Å². The highest BCUT2D eigenvalue weighted by molar-refractivity contribution is 6.32. The van der Waals surface area contributed by atoms with Crippen molar-refractivity contribution in [2.75, 3.05) is 6.54 Å². The maximum atomic E-state index is 13.3. The molecule has 4 aromatic heterocycles. The maximum absolute atomic E-state index is 13.3. The molecule has 1 aliphatic rings. The van der Waals surface area contributed by atoms with Crippen molar-refractivity contribution in [3.05, 3.63) is 70.7 Å². The van der Waals surface area contributed by atoms with E-state index < -0.39 is 18.1 Å². The third kappa shape index (κ3) is 2.90. The number of oxazole rings is 1. The number of aromatic nitrogens is 5. The van der Waals surface area contributed by atoms with E-state index in [1.807, 2.05) is 30.5 Å². The van der Waals surface area contributed by atoms with Gasteiger partial charge in [0.15, 0.2) is 5.15 Å². The van der Waals surface area contributed by atoms with E-state index in [9.17, 15) is 9.90 Å². The number of aliphatic hydroxyl groups excluding tert-OH is 1. The van der Waals surface area contributed by atoms with Crippen molar-refractivity contribution in [3.8, 4) is 0 Å². The number of halogens is 1. The van der Waals surface area contributed by atoms with Crippen LogP contribution >= 0.6 is 11.6 Å². The van der Waals surface area contributed by atoms with E-state index in [-0.39, 0.29) is 16.8 Å². The number of aliphatic hydroxyl groups is 1. The van der Waals surface area contributed by atoms with E-state index in [1.54, 1.807) is 15.7 Å². The molecule has 0 aromatic carbocycles. The molecule has 0 radical (unpaired) electrons. The first-order valence-corrected chi connectivity index (χ1v) is 9.52. The van der Waals surface area contributed by atoms with Crippen molar-refractivity contribution in [3.63, 3.8) is 0 Å². The van der Waals surface area contributed by atoms with Gasteiger partial charge in [-0.15, -0.1) is 0 Å². The number of aromatic amines is 1. The van der Waals surface area contributed by atoms with Gasteiger partial charge in [-0.1, -0.05) is 17.7 Å². The van der Waals surface area contributed by atoms with Gasteiger partial charge in [-0.3, -0.25) is 4.79 Å². The van der Waals surface area contributed by atoms with Crippen molar-refractivity contribution in [2.45, 2.75) is 25.5 Å². The number of hydrogen-bond donors (Lipinski definition) is 2. The lowest BCUT2D eigenvalue weighted by molar-refractivity contribution is 0.0645. The van der Waals surface area contributed by atoms with E-state index in [0.29, 0.717) is 18.7 Å². The molecule has 5 heterocycles. The standard InChI is InChI=1S/C19H17ClN6O3/c1-10(27)18-23-17(20)16(29-18)19(28)25-7-5-12-14(22-9-21-12)15(25)13-8-11-4-2-3-6-26(11)24-13/h2-4,6,8-10,15,27H,5,7H2,1H3,(H,21,22)/t10-,15-/m1/s1. The lowest BCUT2D eigenvalue weighted by Crippen LogP contribution is -2.41. The molecule has 2 atom stereocenters. The average Bonchev–Trinajstić information content (AvgIpc) is 3.43. The van der Waals surface area contributed by atoms with Crippen LogP contribution in [0.25, 0.3) is 5.52 Å². The molecule has 29 heavy (non-hydrogen) atoms. The molecule has 5 rings (SSSR count). The number of carbonyl (C=O) groups is 1. The summed E-state index contributed by atoms with van der Waals surface area (Å²) in [4.78, 5) is 26.5. The number of H-pyrrole nitrogens is 1. The predicted octanol–water partition coefficient (Wildman–Crippen LogP) is 2.54.